The Morgan fingerprint density at radius 1 is 1.33 bits per heavy atom. The van der Waals surface area contributed by atoms with Crippen LogP contribution in [0.5, 0.6) is 5.88 Å². The second kappa shape index (κ2) is 7.55. The Kier molecular flexibility index (Phi) is 5.35. The van der Waals surface area contributed by atoms with Gasteiger partial charge in [-0.2, -0.15) is 23.3 Å². The average molecular weight is 403 g/mol. The second-order valence-electron chi connectivity index (χ2n) is 5.88. The lowest BCUT2D eigenvalue weighted by atomic mass is 10.3. The zero-order valence-electron chi connectivity index (χ0n) is 14.3. The third kappa shape index (κ3) is 4.38. The van der Waals surface area contributed by atoms with E-state index in [0.717, 1.165) is 10.7 Å². The predicted molar refractivity (Wildman–Crippen MR) is 89.6 cm³/mol. The standard InChI is InChI=1S/C15H16F3N5O3S/c1-10-6-11(15(16,17)18)20-23(10)7-13(25)21-2-4-22(5-3-21)14-19-12(8-27-14)26-9-24/h6,8-9H,2-5,7H2,1H3. The lowest BCUT2D eigenvalue weighted by Gasteiger charge is -2.34. The van der Waals surface area contributed by atoms with E-state index < -0.39 is 11.9 Å². The maximum absolute atomic E-state index is 12.7. The summed E-state index contributed by atoms with van der Waals surface area (Å²) in [6, 6.07) is 0.923. The van der Waals surface area contributed by atoms with Gasteiger partial charge in [-0.1, -0.05) is 0 Å². The summed E-state index contributed by atoms with van der Waals surface area (Å²) in [5, 5.41) is 5.77. The highest BCUT2D eigenvalue weighted by molar-refractivity contribution is 7.13. The summed E-state index contributed by atoms with van der Waals surface area (Å²) in [7, 11) is 0. The van der Waals surface area contributed by atoms with Crippen LogP contribution in [-0.4, -0.2) is 58.2 Å². The average Bonchev–Trinajstić information content (AvgIpc) is 3.22. The number of amides is 1. The molecule has 8 nitrogen and oxygen atoms in total. The fourth-order valence-corrected chi connectivity index (χ4v) is 3.47. The summed E-state index contributed by atoms with van der Waals surface area (Å²) >= 11 is 1.32. The highest BCUT2D eigenvalue weighted by atomic mass is 32.1. The zero-order valence-corrected chi connectivity index (χ0v) is 15.1. The molecule has 2 aromatic heterocycles. The molecule has 146 valence electrons. The van der Waals surface area contributed by atoms with Gasteiger partial charge in [-0.15, -0.1) is 11.3 Å². The third-order valence-electron chi connectivity index (χ3n) is 4.10. The molecule has 0 N–H and O–H groups in total. The van der Waals surface area contributed by atoms with Crippen molar-refractivity contribution < 1.29 is 27.5 Å². The van der Waals surface area contributed by atoms with Crippen LogP contribution < -0.4 is 9.64 Å². The number of piperazine rings is 1. The Labute approximate surface area is 156 Å². The first kappa shape index (κ1) is 19.1. The lowest BCUT2D eigenvalue weighted by molar-refractivity contribution is -0.142. The Balaban J connectivity index is 1.57. The van der Waals surface area contributed by atoms with Crippen LogP contribution in [0.25, 0.3) is 0 Å². The summed E-state index contributed by atoms with van der Waals surface area (Å²) in [5.74, 6) is -0.0724. The van der Waals surface area contributed by atoms with Crippen LogP contribution in [0.3, 0.4) is 0 Å². The Hall–Kier alpha value is -2.63. The molecule has 0 radical (unpaired) electrons. The number of hydrogen-bond acceptors (Lipinski definition) is 7. The van der Waals surface area contributed by atoms with Crippen LogP contribution in [0, 0.1) is 6.92 Å². The van der Waals surface area contributed by atoms with E-state index in [4.69, 9.17) is 0 Å². The Bertz CT molecular complexity index is 827. The van der Waals surface area contributed by atoms with Gasteiger partial charge in [0.25, 0.3) is 6.47 Å². The van der Waals surface area contributed by atoms with Gasteiger partial charge in [-0.25, -0.2) is 0 Å². The number of aryl methyl sites for hydroxylation is 1. The van der Waals surface area contributed by atoms with Gasteiger partial charge in [0.2, 0.25) is 11.8 Å². The molecule has 0 bridgehead atoms. The van der Waals surface area contributed by atoms with Gasteiger partial charge in [0, 0.05) is 31.9 Å². The number of ether oxygens (including phenoxy) is 1. The molecule has 3 heterocycles. The number of anilines is 1. The summed E-state index contributed by atoms with van der Waals surface area (Å²) in [6.45, 7) is 3.41. The number of carbonyl (C=O) groups is 2. The van der Waals surface area contributed by atoms with Crippen molar-refractivity contribution in [1.82, 2.24) is 19.7 Å². The molecule has 0 atom stereocenters. The molecule has 1 fully saturated rings. The number of rotatable bonds is 5. The maximum atomic E-state index is 12.7. The molecule has 0 unspecified atom stereocenters. The van der Waals surface area contributed by atoms with E-state index in [1.807, 2.05) is 4.90 Å². The topological polar surface area (TPSA) is 80.6 Å². The highest BCUT2D eigenvalue weighted by Crippen LogP contribution is 2.28. The third-order valence-corrected chi connectivity index (χ3v) is 4.98. The fourth-order valence-electron chi connectivity index (χ4n) is 2.68. The number of halogens is 3. The van der Waals surface area contributed by atoms with E-state index >= 15 is 0 Å². The largest absolute Gasteiger partial charge is 0.435 e. The molecular weight excluding hydrogens is 387 g/mol. The van der Waals surface area contributed by atoms with Crippen molar-refractivity contribution in [1.29, 1.82) is 0 Å². The van der Waals surface area contributed by atoms with Gasteiger partial charge < -0.3 is 14.5 Å². The summed E-state index contributed by atoms with van der Waals surface area (Å²) in [6.07, 6.45) is -4.54. The van der Waals surface area contributed by atoms with E-state index in [0.29, 0.717) is 37.8 Å². The summed E-state index contributed by atoms with van der Waals surface area (Å²) in [5.41, 5.74) is -0.727. The van der Waals surface area contributed by atoms with Crippen molar-refractivity contribution in [2.45, 2.75) is 19.6 Å². The Morgan fingerprint density at radius 2 is 2.04 bits per heavy atom. The molecular formula is C15H16F3N5O3S. The molecule has 2 aromatic rings. The van der Waals surface area contributed by atoms with Crippen LogP contribution in [-0.2, 0) is 22.3 Å². The number of carbonyl (C=O) groups excluding carboxylic acids is 2. The number of nitrogens with zero attached hydrogens (tertiary/aromatic N) is 5. The van der Waals surface area contributed by atoms with Crippen LogP contribution in [0.2, 0.25) is 0 Å². The quantitative estimate of drug-likeness (QED) is 0.705. The monoisotopic (exact) mass is 403 g/mol. The molecule has 27 heavy (non-hydrogen) atoms. The van der Waals surface area contributed by atoms with Gasteiger partial charge in [0.1, 0.15) is 6.54 Å². The van der Waals surface area contributed by atoms with Gasteiger partial charge in [0.05, 0.1) is 5.38 Å². The van der Waals surface area contributed by atoms with Crippen molar-refractivity contribution in [3.05, 3.63) is 22.8 Å². The molecule has 1 amide bonds. The van der Waals surface area contributed by atoms with Gasteiger partial charge in [0.15, 0.2) is 10.8 Å². The normalized spacial score (nSPS) is 15.1. The number of alkyl halides is 3. The highest BCUT2D eigenvalue weighted by Gasteiger charge is 2.34. The minimum Gasteiger partial charge on any atom is -0.409 e. The summed E-state index contributed by atoms with van der Waals surface area (Å²) in [4.78, 5) is 30.4. The van der Waals surface area contributed by atoms with Crippen LogP contribution in [0.1, 0.15) is 11.4 Å². The summed E-state index contributed by atoms with van der Waals surface area (Å²) < 4.78 is 43.9. The SMILES string of the molecule is Cc1cc(C(F)(F)F)nn1CC(=O)N1CCN(c2nc(OC=O)cs2)CC1. The first-order valence-corrected chi connectivity index (χ1v) is 8.86. The van der Waals surface area contributed by atoms with Crippen LogP contribution in [0.4, 0.5) is 18.3 Å². The van der Waals surface area contributed by atoms with E-state index in [-0.39, 0.29) is 24.0 Å². The molecule has 0 saturated carbocycles. The van der Waals surface area contributed by atoms with Gasteiger partial charge >= 0.3 is 6.18 Å². The first-order valence-electron chi connectivity index (χ1n) is 7.98. The number of aromatic nitrogens is 3. The molecule has 1 aliphatic rings. The molecule has 0 spiro atoms. The van der Waals surface area contributed by atoms with Crippen molar-refractivity contribution in [3.8, 4) is 5.88 Å². The maximum Gasteiger partial charge on any atom is 0.435 e. The van der Waals surface area contributed by atoms with E-state index in [1.165, 1.54) is 18.3 Å². The van der Waals surface area contributed by atoms with Crippen molar-refractivity contribution >= 4 is 28.8 Å². The molecule has 12 heteroatoms. The molecule has 0 aliphatic carbocycles. The smallest absolute Gasteiger partial charge is 0.409 e. The predicted octanol–water partition coefficient (Wildman–Crippen LogP) is 1.55. The minimum atomic E-state index is -4.54. The van der Waals surface area contributed by atoms with Crippen molar-refractivity contribution in [3.63, 3.8) is 0 Å². The van der Waals surface area contributed by atoms with Crippen molar-refractivity contribution in [2.75, 3.05) is 31.1 Å². The molecule has 1 saturated heterocycles. The van der Waals surface area contributed by atoms with Crippen LogP contribution in [0.15, 0.2) is 11.4 Å². The van der Waals surface area contributed by atoms with E-state index in [9.17, 15) is 22.8 Å². The number of hydrogen-bond donors (Lipinski definition) is 0. The number of thiazole rings is 1. The van der Waals surface area contributed by atoms with E-state index in [1.54, 1.807) is 10.3 Å². The minimum absolute atomic E-state index is 0.220. The second-order valence-corrected chi connectivity index (χ2v) is 6.71. The van der Waals surface area contributed by atoms with Crippen LogP contribution >= 0.6 is 11.3 Å². The molecule has 3 rings (SSSR count). The lowest BCUT2D eigenvalue weighted by Crippen LogP contribution is -2.49. The first-order chi connectivity index (χ1) is 12.8. The molecule has 1 aliphatic heterocycles. The Morgan fingerprint density at radius 3 is 2.63 bits per heavy atom. The van der Waals surface area contributed by atoms with Crippen molar-refractivity contribution in [2.24, 2.45) is 0 Å². The van der Waals surface area contributed by atoms with E-state index in [2.05, 4.69) is 14.8 Å². The molecule has 0 aromatic carbocycles. The van der Waals surface area contributed by atoms with Gasteiger partial charge in [-0.3, -0.25) is 14.3 Å². The zero-order chi connectivity index (χ0) is 19.6. The van der Waals surface area contributed by atoms with Gasteiger partial charge in [-0.05, 0) is 13.0 Å². The fraction of sp³-hybridized carbons (Fsp3) is 0.467.